The molecule has 1 heterocycles. The van der Waals surface area contributed by atoms with Crippen molar-refractivity contribution in [1.29, 1.82) is 0 Å². The summed E-state index contributed by atoms with van der Waals surface area (Å²) in [7, 11) is 7.79. The summed E-state index contributed by atoms with van der Waals surface area (Å²) in [6, 6.07) is 22.8. The van der Waals surface area contributed by atoms with Crippen molar-refractivity contribution in [2.24, 2.45) is 0 Å². The van der Waals surface area contributed by atoms with Crippen LogP contribution in [0.3, 0.4) is 0 Å². The molecule has 0 bridgehead atoms. The number of aromatic nitrogens is 1. The number of nitrogens with zero attached hydrogens (tertiary/aromatic N) is 1. The first-order chi connectivity index (χ1) is 23.5. The Hall–Kier alpha value is -5.22. The average molecular weight is 670 g/mol. The molecule has 0 saturated heterocycles. The van der Waals surface area contributed by atoms with Gasteiger partial charge in [-0.3, -0.25) is 4.79 Å². The van der Waals surface area contributed by atoms with Crippen LogP contribution in [-0.4, -0.2) is 59.5 Å². The highest BCUT2D eigenvalue weighted by Gasteiger charge is 2.16. The Labute approximate surface area is 284 Å². The molecule has 0 aliphatic rings. The first kappa shape index (κ1) is 34.1. The third-order valence-electron chi connectivity index (χ3n) is 7.57. The molecule has 0 aliphatic heterocycles. The predicted octanol–water partition coefficient (Wildman–Crippen LogP) is 8.53. The molecule has 10 heteroatoms. The number of carbonyl (C=O) groups is 1. The van der Waals surface area contributed by atoms with Gasteiger partial charge in [-0.25, -0.2) is 4.98 Å². The minimum Gasteiger partial charge on any atom is -0.493 e. The third-order valence-corrected chi connectivity index (χ3v) is 8.66. The highest BCUT2D eigenvalue weighted by Crippen LogP contribution is 2.39. The van der Waals surface area contributed by atoms with E-state index in [-0.39, 0.29) is 5.78 Å². The number of rotatable bonds is 17. The highest BCUT2D eigenvalue weighted by molar-refractivity contribution is 7.21. The number of fused-ring (bicyclic) bond motifs is 1. The van der Waals surface area contributed by atoms with E-state index in [0.717, 1.165) is 45.6 Å². The van der Waals surface area contributed by atoms with E-state index < -0.39 is 0 Å². The lowest BCUT2D eigenvalue weighted by atomic mass is 10.1. The van der Waals surface area contributed by atoms with Gasteiger partial charge in [0.15, 0.2) is 40.3 Å². The summed E-state index contributed by atoms with van der Waals surface area (Å²) in [6.07, 6.45) is 5.83. The van der Waals surface area contributed by atoms with E-state index in [1.807, 2.05) is 54.6 Å². The standard InChI is InChI=1S/C38H39NO8S/c1-41-30-17-14-25(13-16-29(40)27-23-34(43-3)37(45-5)35(24-27)44-4)21-33(30)47-20-10-6-9-19-46-31-18-15-26(22-32(31)42-2)38-39-28-11-7-8-12-36(28)48-38/h7-8,11-18,21-24H,6,9-10,19-20H2,1-5H3. The quantitative estimate of drug-likeness (QED) is 0.0549. The van der Waals surface area contributed by atoms with E-state index in [2.05, 4.69) is 6.07 Å². The van der Waals surface area contributed by atoms with Gasteiger partial charge in [0.1, 0.15) is 5.01 Å². The van der Waals surface area contributed by atoms with Crippen LogP contribution >= 0.6 is 11.3 Å². The molecule has 0 radical (unpaired) electrons. The second-order valence-electron chi connectivity index (χ2n) is 10.6. The van der Waals surface area contributed by atoms with Gasteiger partial charge < -0.3 is 33.2 Å². The summed E-state index contributed by atoms with van der Waals surface area (Å²) in [4.78, 5) is 17.7. The summed E-state index contributed by atoms with van der Waals surface area (Å²) in [5.74, 6) is 3.65. The number of ether oxygens (including phenoxy) is 7. The smallest absolute Gasteiger partial charge is 0.203 e. The SMILES string of the molecule is COc1cc(-c2nc3ccccc3s2)ccc1OCCCCCOc1cc(C=CC(=O)c2cc(OC)c(OC)c(OC)c2)ccc1OC. The Morgan fingerprint density at radius 1 is 0.667 bits per heavy atom. The topological polar surface area (TPSA) is 94.6 Å². The van der Waals surface area contributed by atoms with Crippen LogP contribution in [0.5, 0.6) is 40.2 Å². The highest BCUT2D eigenvalue weighted by atomic mass is 32.1. The Balaban J connectivity index is 1.11. The Kier molecular flexibility index (Phi) is 11.8. The van der Waals surface area contributed by atoms with Crippen LogP contribution in [0.25, 0.3) is 26.9 Å². The van der Waals surface area contributed by atoms with Crippen molar-refractivity contribution >= 4 is 33.4 Å². The van der Waals surface area contributed by atoms with Crippen molar-refractivity contribution < 1.29 is 38.0 Å². The maximum atomic E-state index is 13.0. The summed E-state index contributed by atoms with van der Waals surface area (Å²) in [5.41, 5.74) is 3.19. The number of carbonyl (C=O) groups excluding carboxylic acids is 1. The maximum absolute atomic E-state index is 13.0. The van der Waals surface area contributed by atoms with Gasteiger partial charge in [0.05, 0.1) is 59.0 Å². The molecule has 250 valence electrons. The van der Waals surface area contributed by atoms with Crippen molar-refractivity contribution in [3.05, 3.63) is 90.0 Å². The monoisotopic (exact) mass is 669 g/mol. The first-order valence-corrected chi connectivity index (χ1v) is 16.3. The molecule has 0 saturated carbocycles. The van der Waals surface area contributed by atoms with Gasteiger partial charge in [0.25, 0.3) is 0 Å². The van der Waals surface area contributed by atoms with Gasteiger partial charge in [-0.2, -0.15) is 0 Å². The molecule has 0 N–H and O–H groups in total. The number of hydrogen-bond acceptors (Lipinski definition) is 10. The normalized spacial score (nSPS) is 11.0. The van der Waals surface area contributed by atoms with Crippen LogP contribution in [0.1, 0.15) is 35.2 Å². The Morgan fingerprint density at radius 3 is 2.00 bits per heavy atom. The molecule has 5 aromatic rings. The molecule has 1 aromatic heterocycles. The number of allylic oxidation sites excluding steroid dienone is 1. The largest absolute Gasteiger partial charge is 0.493 e. The van der Waals surface area contributed by atoms with E-state index in [9.17, 15) is 4.79 Å². The van der Waals surface area contributed by atoms with Crippen molar-refractivity contribution in [3.8, 4) is 50.8 Å². The molecule has 9 nitrogen and oxygen atoms in total. The van der Waals surface area contributed by atoms with E-state index >= 15 is 0 Å². The summed E-state index contributed by atoms with van der Waals surface area (Å²) < 4.78 is 40.5. The van der Waals surface area contributed by atoms with Crippen molar-refractivity contribution in [2.75, 3.05) is 48.8 Å². The molecule has 4 aromatic carbocycles. The number of para-hydroxylation sites is 1. The Morgan fingerprint density at radius 2 is 1.33 bits per heavy atom. The predicted molar refractivity (Wildman–Crippen MR) is 189 cm³/mol. The lowest BCUT2D eigenvalue weighted by Crippen LogP contribution is -2.03. The number of hydrogen-bond donors (Lipinski definition) is 0. The summed E-state index contributed by atoms with van der Waals surface area (Å²) in [5, 5.41) is 0.948. The van der Waals surface area contributed by atoms with Gasteiger partial charge in [-0.1, -0.05) is 24.3 Å². The molecule has 48 heavy (non-hydrogen) atoms. The second kappa shape index (κ2) is 16.6. The fourth-order valence-corrected chi connectivity index (χ4v) is 6.02. The number of ketones is 1. The van der Waals surface area contributed by atoms with Gasteiger partial charge in [0.2, 0.25) is 5.75 Å². The Bertz CT molecular complexity index is 1820. The van der Waals surface area contributed by atoms with Crippen molar-refractivity contribution in [3.63, 3.8) is 0 Å². The van der Waals surface area contributed by atoms with E-state index in [0.29, 0.717) is 59.0 Å². The fourth-order valence-electron chi connectivity index (χ4n) is 5.06. The van der Waals surface area contributed by atoms with Crippen molar-refractivity contribution in [1.82, 2.24) is 4.98 Å². The lowest BCUT2D eigenvalue weighted by molar-refractivity contribution is 0.104. The van der Waals surface area contributed by atoms with Gasteiger partial charge in [0, 0.05) is 11.1 Å². The number of methoxy groups -OCH3 is 5. The van der Waals surface area contributed by atoms with Gasteiger partial charge >= 0.3 is 0 Å². The molecule has 0 unspecified atom stereocenters. The second-order valence-corrected chi connectivity index (χ2v) is 11.7. The zero-order valence-corrected chi connectivity index (χ0v) is 28.6. The minimum atomic E-state index is -0.212. The molecular formula is C38H39NO8S. The zero-order valence-electron chi connectivity index (χ0n) is 27.7. The molecule has 5 rings (SSSR count). The number of unbranched alkanes of at least 4 members (excludes halogenated alkanes) is 2. The molecule has 0 aliphatic carbocycles. The van der Waals surface area contributed by atoms with E-state index in [1.165, 1.54) is 27.4 Å². The molecular weight excluding hydrogens is 630 g/mol. The number of benzene rings is 4. The lowest BCUT2D eigenvalue weighted by Gasteiger charge is -2.13. The van der Waals surface area contributed by atoms with Crippen LogP contribution in [0, 0.1) is 0 Å². The molecule has 0 atom stereocenters. The fraction of sp³-hybridized carbons (Fsp3) is 0.263. The molecule has 0 amide bonds. The van der Waals surface area contributed by atoms with Crippen LogP contribution in [0.4, 0.5) is 0 Å². The maximum Gasteiger partial charge on any atom is 0.203 e. The van der Waals surface area contributed by atoms with Crippen LogP contribution < -0.4 is 33.2 Å². The van der Waals surface area contributed by atoms with Crippen molar-refractivity contribution in [2.45, 2.75) is 19.3 Å². The molecule has 0 fully saturated rings. The van der Waals surface area contributed by atoms with Gasteiger partial charge in [-0.15, -0.1) is 11.3 Å². The first-order valence-electron chi connectivity index (χ1n) is 15.5. The summed E-state index contributed by atoms with van der Waals surface area (Å²) in [6.45, 7) is 1.06. The summed E-state index contributed by atoms with van der Waals surface area (Å²) >= 11 is 1.66. The third kappa shape index (κ3) is 8.19. The van der Waals surface area contributed by atoms with Crippen LogP contribution in [0.2, 0.25) is 0 Å². The van der Waals surface area contributed by atoms with E-state index in [1.54, 1.807) is 43.8 Å². The minimum absolute atomic E-state index is 0.212. The van der Waals surface area contributed by atoms with Crippen LogP contribution in [0.15, 0.2) is 78.9 Å². The zero-order chi connectivity index (χ0) is 33.9. The average Bonchev–Trinajstić information content (AvgIpc) is 3.57. The molecule has 0 spiro atoms. The number of thiazole rings is 1. The van der Waals surface area contributed by atoms with Gasteiger partial charge in [-0.05, 0) is 85.5 Å². The van der Waals surface area contributed by atoms with E-state index in [4.69, 9.17) is 38.1 Å². The van der Waals surface area contributed by atoms with Crippen LogP contribution in [-0.2, 0) is 0 Å².